The number of amides is 1. The van der Waals surface area contributed by atoms with Gasteiger partial charge in [-0.3, -0.25) is 14.9 Å². The third-order valence-corrected chi connectivity index (χ3v) is 3.78. The molecule has 1 aromatic carbocycles. The van der Waals surface area contributed by atoms with Crippen LogP contribution in [0.25, 0.3) is 0 Å². The Morgan fingerprint density at radius 2 is 2.20 bits per heavy atom. The maximum atomic E-state index is 11.2. The molecule has 1 fully saturated rings. The highest BCUT2D eigenvalue weighted by Gasteiger charge is 2.28. The van der Waals surface area contributed by atoms with Crippen LogP contribution < -0.4 is 16.8 Å². The second-order valence-electron chi connectivity index (χ2n) is 5.03. The van der Waals surface area contributed by atoms with Gasteiger partial charge in [0, 0.05) is 17.7 Å². The number of nitrogens with one attached hydrogen (secondary N) is 1. The molecular weight excluding hydrogens is 260 g/mol. The third kappa shape index (κ3) is 2.88. The molecule has 0 bridgehead atoms. The zero-order valence-corrected chi connectivity index (χ0v) is 11.0. The molecule has 20 heavy (non-hydrogen) atoms. The molecule has 1 amide bonds. The normalized spacial score (nSPS) is 21.6. The number of nitro benzene ring substituents is 1. The zero-order chi connectivity index (χ0) is 14.7. The van der Waals surface area contributed by atoms with Crippen LogP contribution in [0.15, 0.2) is 18.2 Å². The van der Waals surface area contributed by atoms with Crippen molar-refractivity contribution in [3.63, 3.8) is 0 Å². The van der Waals surface area contributed by atoms with Crippen molar-refractivity contribution in [1.29, 1.82) is 0 Å². The summed E-state index contributed by atoms with van der Waals surface area (Å²) in [6, 6.07) is 4.20. The molecule has 0 spiro atoms. The Bertz CT molecular complexity index is 532. The molecule has 1 aliphatic rings. The molecule has 7 heteroatoms. The van der Waals surface area contributed by atoms with E-state index in [9.17, 15) is 14.9 Å². The topological polar surface area (TPSA) is 124 Å². The summed E-state index contributed by atoms with van der Waals surface area (Å²) < 4.78 is 0. The van der Waals surface area contributed by atoms with Crippen LogP contribution in [-0.2, 0) is 0 Å². The van der Waals surface area contributed by atoms with Gasteiger partial charge in [0.15, 0.2) is 0 Å². The fourth-order valence-electron chi connectivity index (χ4n) is 2.67. The van der Waals surface area contributed by atoms with Gasteiger partial charge in [0.1, 0.15) is 5.69 Å². The average molecular weight is 278 g/mol. The van der Waals surface area contributed by atoms with Crippen LogP contribution in [0.2, 0.25) is 0 Å². The first-order valence-corrected chi connectivity index (χ1v) is 6.57. The van der Waals surface area contributed by atoms with Crippen molar-refractivity contribution in [1.82, 2.24) is 0 Å². The van der Waals surface area contributed by atoms with Crippen LogP contribution in [-0.4, -0.2) is 23.4 Å². The van der Waals surface area contributed by atoms with E-state index in [4.69, 9.17) is 11.5 Å². The van der Waals surface area contributed by atoms with Gasteiger partial charge in [0.2, 0.25) is 5.91 Å². The SMILES string of the molecule is NCC1CCCC1Nc1cc(C(N)=O)ccc1[N+](=O)[O-]. The van der Waals surface area contributed by atoms with E-state index in [1.165, 1.54) is 18.2 Å². The molecule has 1 aromatic rings. The molecule has 0 heterocycles. The number of primary amides is 1. The zero-order valence-electron chi connectivity index (χ0n) is 11.0. The minimum atomic E-state index is -0.607. The van der Waals surface area contributed by atoms with Crippen molar-refractivity contribution < 1.29 is 9.72 Å². The lowest BCUT2D eigenvalue weighted by Crippen LogP contribution is -2.29. The van der Waals surface area contributed by atoms with Gasteiger partial charge < -0.3 is 16.8 Å². The van der Waals surface area contributed by atoms with E-state index in [2.05, 4.69) is 5.32 Å². The van der Waals surface area contributed by atoms with Crippen molar-refractivity contribution >= 4 is 17.3 Å². The number of nitrogens with two attached hydrogens (primary N) is 2. The highest BCUT2D eigenvalue weighted by atomic mass is 16.6. The molecule has 0 radical (unpaired) electrons. The largest absolute Gasteiger partial charge is 0.376 e. The minimum Gasteiger partial charge on any atom is -0.376 e. The van der Waals surface area contributed by atoms with Gasteiger partial charge >= 0.3 is 0 Å². The van der Waals surface area contributed by atoms with Crippen LogP contribution in [0.4, 0.5) is 11.4 Å². The van der Waals surface area contributed by atoms with Crippen LogP contribution >= 0.6 is 0 Å². The lowest BCUT2D eigenvalue weighted by molar-refractivity contribution is -0.384. The summed E-state index contributed by atoms with van der Waals surface area (Å²) in [5.41, 5.74) is 11.4. The van der Waals surface area contributed by atoms with Crippen LogP contribution in [0.3, 0.4) is 0 Å². The van der Waals surface area contributed by atoms with Gasteiger partial charge in [-0.25, -0.2) is 0 Å². The van der Waals surface area contributed by atoms with Gasteiger partial charge in [-0.1, -0.05) is 6.42 Å². The van der Waals surface area contributed by atoms with Gasteiger partial charge in [0.05, 0.1) is 4.92 Å². The Labute approximate surface area is 116 Å². The summed E-state index contributed by atoms with van der Waals surface area (Å²) in [4.78, 5) is 21.8. The molecule has 108 valence electrons. The summed E-state index contributed by atoms with van der Waals surface area (Å²) in [6.07, 6.45) is 2.97. The Hall–Kier alpha value is -2.15. The fraction of sp³-hybridized carbons (Fsp3) is 0.462. The number of nitro groups is 1. The monoisotopic (exact) mass is 278 g/mol. The van der Waals surface area contributed by atoms with Crippen LogP contribution in [0.1, 0.15) is 29.6 Å². The summed E-state index contributed by atoms with van der Waals surface area (Å²) in [5, 5.41) is 14.2. The number of hydrogen-bond donors (Lipinski definition) is 3. The summed E-state index contributed by atoms with van der Waals surface area (Å²) >= 11 is 0. The first-order chi connectivity index (χ1) is 9.52. The Balaban J connectivity index is 2.30. The lowest BCUT2D eigenvalue weighted by Gasteiger charge is -2.20. The van der Waals surface area contributed by atoms with Crippen LogP contribution in [0, 0.1) is 16.0 Å². The van der Waals surface area contributed by atoms with Crippen molar-refractivity contribution in [3.05, 3.63) is 33.9 Å². The molecule has 0 aromatic heterocycles. The van der Waals surface area contributed by atoms with Gasteiger partial charge in [-0.2, -0.15) is 0 Å². The highest BCUT2D eigenvalue weighted by molar-refractivity contribution is 5.94. The maximum Gasteiger partial charge on any atom is 0.292 e. The first-order valence-electron chi connectivity index (χ1n) is 6.57. The first kappa shape index (κ1) is 14.3. The fourth-order valence-corrected chi connectivity index (χ4v) is 2.67. The number of anilines is 1. The Morgan fingerprint density at radius 3 is 2.80 bits per heavy atom. The molecule has 2 rings (SSSR count). The minimum absolute atomic E-state index is 0.0577. The predicted molar refractivity (Wildman–Crippen MR) is 75.4 cm³/mol. The molecule has 0 saturated heterocycles. The molecule has 0 aliphatic heterocycles. The van der Waals surface area contributed by atoms with E-state index in [1.807, 2.05) is 0 Å². The van der Waals surface area contributed by atoms with E-state index in [1.54, 1.807) is 0 Å². The Kier molecular flexibility index (Phi) is 4.19. The standard InChI is InChI=1S/C13H18N4O3/c14-7-9-2-1-3-10(9)16-11-6-8(13(15)18)4-5-12(11)17(19)20/h4-6,9-10,16H,1-3,7,14H2,(H2,15,18). The molecule has 7 nitrogen and oxygen atoms in total. The number of benzene rings is 1. The predicted octanol–water partition coefficient (Wildman–Crippen LogP) is 1.23. The van der Waals surface area contributed by atoms with Crippen molar-refractivity contribution in [2.75, 3.05) is 11.9 Å². The van der Waals surface area contributed by atoms with Crippen molar-refractivity contribution in [3.8, 4) is 0 Å². The molecule has 5 N–H and O–H groups in total. The third-order valence-electron chi connectivity index (χ3n) is 3.78. The van der Waals surface area contributed by atoms with E-state index >= 15 is 0 Å². The smallest absolute Gasteiger partial charge is 0.292 e. The summed E-state index contributed by atoms with van der Waals surface area (Å²) in [7, 11) is 0. The van der Waals surface area contributed by atoms with Crippen molar-refractivity contribution in [2.24, 2.45) is 17.4 Å². The second kappa shape index (κ2) is 5.87. The van der Waals surface area contributed by atoms with E-state index in [0.29, 0.717) is 18.2 Å². The number of hydrogen-bond acceptors (Lipinski definition) is 5. The summed E-state index contributed by atoms with van der Waals surface area (Å²) in [5.74, 6) is -0.309. The maximum absolute atomic E-state index is 11.2. The number of carbonyl (C=O) groups excluding carboxylic acids is 1. The number of carbonyl (C=O) groups is 1. The van der Waals surface area contributed by atoms with Crippen LogP contribution in [0.5, 0.6) is 0 Å². The number of nitrogens with zero attached hydrogens (tertiary/aromatic N) is 1. The molecule has 2 unspecified atom stereocenters. The lowest BCUT2D eigenvalue weighted by atomic mass is 10.0. The van der Waals surface area contributed by atoms with Gasteiger partial charge in [-0.15, -0.1) is 0 Å². The average Bonchev–Trinajstić information content (AvgIpc) is 2.85. The Morgan fingerprint density at radius 1 is 1.45 bits per heavy atom. The van der Waals surface area contributed by atoms with E-state index < -0.39 is 10.8 Å². The second-order valence-corrected chi connectivity index (χ2v) is 5.03. The van der Waals surface area contributed by atoms with E-state index in [0.717, 1.165) is 19.3 Å². The van der Waals surface area contributed by atoms with Crippen molar-refractivity contribution in [2.45, 2.75) is 25.3 Å². The number of rotatable bonds is 5. The quantitative estimate of drug-likeness (QED) is 0.552. The van der Waals surface area contributed by atoms with E-state index in [-0.39, 0.29) is 17.3 Å². The molecular formula is C13H18N4O3. The van der Waals surface area contributed by atoms with Gasteiger partial charge in [0.25, 0.3) is 5.69 Å². The van der Waals surface area contributed by atoms with Gasteiger partial charge in [-0.05, 0) is 37.4 Å². The highest BCUT2D eigenvalue weighted by Crippen LogP contribution is 2.32. The molecule has 1 saturated carbocycles. The molecule has 2 atom stereocenters. The molecule has 1 aliphatic carbocycles. The summed E-state index contributed by atoms with van der Waals surface area (Å²) in [6.45, 7) is 0.543.